The summed E-state index contributed by atoms with van der Waals surface area (Å²) >= 11 is 3.42. The van der Waals surface area contributed by atoms with E-state index in [4.69, 9.17) is 4.74 Å². The quantitative estimate of drug-likeness (QED) is 0.885. The first kappa shape index (κ1) is 10.5. The van der Waals surface area contributed by atoms with Crippen molar-refractivity contribution in [2.75, 3.05) is 7.11 Å². The number of methoxy groups -OCH3 is 1. The van der Waals surface area contributed by atoms with E-state index in [1.165, 1.54) is 0 Å². The van der Waals surface area contributed by atoms with Crippen molar-refractivity contribution < 1.29 is 9.84 Å². The zero-order chi connectivity index (χ0) is 9.84. The second kappa shape index (κ2) is 4.63. The molecule has 0 fully saturated rings. The van der Waals surface area contributed by atoms with Crippen LogP contribution in [0.5, 0.6) is 5.75 Å². The van der Waals surface area contributed by atoms with Gasteiger partial charge in [-0.05, 0) is 37.1 Å². The maximum atomic E-state index is 9.23. The van der Waals surface area contributed by atoms with Gasteiger partial charge in [-0.15, -0.1) is 0 Å². The van der Waals surface area contributed by atoms with E-state index in [0.717, 1.165) is 15.8 Å². The van der Waals surface area contributed by atoms with Gasteiger partial charge in [0.15, 0.2) is 0 Å². The van der Waals surface area contributed by atoms with Crippen LogP contribution in [0.4, 0.5) is 0 Å². The van der Waals surface area contributed by atoms with E-state index < -0.39 is 0 Å². The average Bonchev–Trinajstić information content (AvgIpc) is 2.08. The molecule has 1 aromatic carbocycles. The molecule has 0 saturated carbocycles. The molecular formula is C10H13BrO2. The van der Waals surface area contributed by atoms with E-state index in [9.17, 15) is 5.11 Å². The summed E-state index contributed by atoms with van der Waals surface area (Å²) in [6.45, 7) is 1.77. The normalized spacial score (nSPS) is 12.6. The third kappa shape index (κ3) is 3.01. The largest absolute Gasteiger partial charge is 0.497 e. The van der Waals surface area contributed by atoms with Crippen LogP contribution in [0.25, 0.3) is 0 Å². The Hall–Kier alpha value is -0.540. The van der Waals surface area contributed by atoms with Gasteiger partial charge >= 0.3 is 0 Å². The lowest BCUT2D eigenvalue weighted by atomic mass is 10.1. The molecule has 0 aliphatic carbocycles. The third-order valence-corrected chi connectivity index (χ3v) is 2.54. The lowest BCUT2D eigenvalue weighted by Gasteiger charge is -2.08. The number of aliphatic hydroxyl groups excluding tert-OH is 1. The Morgan fingerprint density at radius 2 is 2.23 bits per heavy atom. The van der Waals surface area contributed by atoms with Crippen molar-refractivity contribution in [3.8, 4) is 5.75 Å². The van der Waals surface area contributed by atoms with Crippen LogP contribution in [0.2, 0.25) is 0 Å². The van der Waals surface area contributed by atoms with E-state index in [1.807, 2.05) is 18.2 Å². The summed E-state index contributed by atoms with van der Waals surface area (Å²) in [5.74, 6) is 0.818. The summed E-state index contributed by atoms with van der Waals surface area (Å²) in [4.78, 5) is 0. The molecule has 1 aromatic rings. The molecule has 0 aromatic heterocycles. The molecule has 0 aliphatic heterocycles. The highest BCUT2D eigenvalue weighted by Gasteiger charge is 2.04. The summed E-state index contributed by atoms with van der Waals surface area (Å²) < 4.78 is 6.10. The van der Waals surface area contributed by atoms with Crippen molar-refractivity contribution in [3.63, 3.8) is 0 Å². The topological polar surface area (TPSA) is 29.5 Å². The molecule has 0 saturated heterocycles. The van der Waals surface area contributed by atoms with Gasteiger partial charge in [-0.1, -0.05) is 15.9 Å². The van der Waals surface area contributed by atoms with Crippen molar-refractivity contribution in [3.05, 3.63) is 28.2 Å². The van der Waals surface area contributed by atoms with E-state index in [-0.39, 0.29) is 6.10 Å². The number of aliphatic hydroxyl groups is 1. The van der Waals surface area contributed by atoms with Gasteiger partial charge in [-0.25, -0.2) is 0 Å². The summed E-state index contributed by atoms with van der Waals surface area (Å²) in [5.41, 5.74) is 1.06. The molecule has 0 bridgehead atoms. The summed E-state index contributed by atoms with van der Waals surface area (Å²) in [7, 11) is 1.63. The van der Waals surface area contributed by atoms with Crippen LogP contribution in [-0.4, -0.2) is 18.3 Å². The monoisotopic (exact) mass is 244 g/mol. The number of rotatable bonds is 3. The van der Waals surface area contributed by atoms with Crippen LogP contribution in [0.3, 0.4) is 0 Å². The van der Waals surface area contributed by atoms with E-state index in [2.05, 4.69) is 15.9 Å². The van der Waals surface area contributed by atoms with Crippen LogP contribution < -0.4 is 4.74 Å². The second-order valence-corrected chi connectivity index (χ2v) is 3.86. The Morgan fingerprint density at radius 3 is 2.77 bits per heavy atom. The van der Waals surface area contributed by atoms with Gasteiger partial charge in [0.2, 0.25) is 0 Å². The number of ether oxygens (including phenoxy) is 1. The van der Waals surface area contributed by atoms with Crippen molar-refractivity contribution in [2.24, 2.45) is 0 Å². The van der Waals surface area contributed by atoms with Crippen molar-refractivity contribution >= 4 is 15.9 Å². The van der Waals surface area contributed by atoms with Gasteiger partial charge < -0.3 is 9.84 Å². The maximum absolute atomic E-state index is 9.23. The van der Waals surface area contributed by atoms with Crippen LogP contribution >= 0.6 is 15.9 Å². The van der Waals surface area contributed by atoms with Gasteiger partial charge in [0, 0.05) is 4.47 Å². The number of halogens is 1. The molecule has 2 nitrogen and oxygen atoms in total. The molecule has 1 atom stereocenters. The highest BCUT2D eigenvalue weighted by atomic mass is 79.9. The zero-order valence-corrected chi connectivity index (χ0v) is 9.34. The number of hydrogen-bond acceptors (Lipinski definition) is 2. The summed E-state index contributed by atoms with van der Waals surface area (Å²) in [5, 5.41) is 9.23. The molecule has 3 heteroatoms. The van der Waals surface area contributed by atoms with Gasteiger partial charge in [-0.3, -0.25) is 0 Å². The van der Waals surface area contributed by atoms with Crippen molar-refractivity contribution in [1.29, 1.82) is 0 Å². The molecule has 1 unspecified atom stereocenters. The SMILES string of the molecule is COc1ccc(Br)c(CC(C)O)c1. The van der Waals surface area contributed by atoms with Gasteiger partial charge in [0.25, 0.3) is 0 Å². The molecule has 13 heavy (non-hydrogen) atoms. The lowest BCUT2D eigenvalue weighted by molar-refractivity contribution is 0.195. The molecule has 0 amide bonds. The molecule has 0 aliphatic rings. The lowest BCUT2D eigenvalue weighted by Crippen LogP contribution is -2.04. The van der Waals surface area contributed by atoms with Gasteiger partial charge in [0.05, 0.1) is 13.2 Å². The summed E-state index contributed by atoms with van der Waals surface area (Å²) in [6, 6.07) is 5.74. The van der Waals surface area contributed by atoms with E-state index in [0.29, 0.717) is 6.42 Å². The van der Waals surface area contributed by atoms with Gasteiger partial charge in [0.1, 0.15) is 5.75 Å². The Labute approximate surface area is 86.7 Å². The second-order valence-electron chi connectivity index (χ2n) is 3.01. The minimum Gasteiger partial charge on any atom is -0.497 e. The molecular weight excluding hydrogens is 232 g/mol. The summed E-state index contributed by atoms with van der Waals surface area (Å²) in [6.07, 6.45) is 0.307. The molecule has 1 rings (SSSR count). The fraction of sp³-hybridized carbons (Fsp3) is 0.400. The smallest absolute Gasteiger partial charge is 0.119 e. The Morgan fingerprint density at radius 1 is 1.54 bits per heavy atom. The fourth-order valence-electron chi connectivity index (χ4n) is 1.15. The van der Waals surface area contributed by atoms with Gasteiger partial charge in [-0.2, -0.15) is 0 Å². The van der Waals surface area contributed by atoms with Crippen molar-refractivity contribution in [2.45, 2.75) is 19.4 Å². The highest BCUT2D eigenvalue weighted by molar-refractivity contribution is 9.10. The molecule has 0 spiro atoms. The van der Waals surface area contributed by atoms with E-state index >= 15 is 0 Å². The first-order chi connectivity index (χ1) is 6.13. The average molecular weight is 245 g/mol. The number of benzene rings is 1. The predicted octanol–water partition coefficient (Wildman–Crippen LogP) is 2.38. The molecule has 1 N–H and O–H groups in total. The zero-order valence-electron chi connectivity index (χ0n) is 7.75. The van der Waals surface area contributed by atoms with Crippen LogP contribution in [0.15, 0.2) is 22.7 Å². The Kier molecular flexibility index (Phi) is 3.75. The Balaban J connectivity index is 2.90. The maximum Gasteiger partial charge on any atom is 0.119 e. The first-order valence-electron chi connectivity index (χ1n) is 4.14. The third-order valence-electron chi connectivity index (χ3n) is 1.77. The van der Waals surface area contributed by atoms with Crippen molar-refractivity contribution in [1.82, 2.24) is 0 Å². The minimum absolute atomic E-state index is 0.330. The van der Waals surface area contributed by atoms with Crippen LogP contribution in [-0.2, 0) is 6.42 Å². The molecule has 0 heterocycles. The fourth-order valence-corrected chi connectivity index (χ4v) is 1.56. The molecule has 72 valence electrons. The predicted molar refractivity (Wildman–Crippen MR) is 56.1 cm³/mol. The highest BCUT2D eigenvalue weighted by Crippen LogP contribution is 2.23. The van der Waals surface area contributed by atoms with Crippen LogP contribution in [0, 0.1) is 0 Å². The minimum atomic E-state index is -0.330. The van der Waals surface area contributed by atoms with E-state index in [1.54, 1.807) is 14.0 Å². The number of hydrogen-bond donors (Lipinski definition) is 1. The van der Waals surface area contributed by atoms with Crippen LogP contribution in [0.1, 0.15) is 12.5 Å². The molecule has 0 radical (unpaired) electrons. The Bertz CT molecular complexity index is 284. The standard InChI is InChI=1S/C10H13BrO2/c1-7(12)5-8-6-9(13-2)3-4-10(8)11/h3-4,6-7,12H,5H2,1-2H3. The first-order valence-corrected chi connectivity index (χ1v) is 4.93.